The van der Waals surface area contributed by atoms with Crippen molar-refractivity contribution in [2.45, 2.75) is 11.8 Å². The Morgan fingerprint density at radius 2 is 1.31 bits per heavy atom. The highest BCUT2D eigenvalue weighted by Crippen LogP contribution is 2.30. The number of hydrogen-bond acceptors (Lipinski definition) is 3. The Morgan fingerprint density at radius 3 is 1.84 bits per heavy atom. The molecule has 166 valence electrons. The molecule has 0 radical (unpaired) electrons. The number of carbonyl (C=O) groups excluding carboxylic acids is 1. The Kier molecular flexibility index (Phi) is 8.15. The van der Waals surface area contributed by atoms with Gasteiger partial charge in [-0.1, -0.05) is 89.9 Å². The van der Waals surface area contributed by atoms with Gasteiger partial charge in [0.1, 0.15) is 0 Å². The molecular weight excluding hydrogens is 459 g/mol. The van der Waals surface area contributed by atoms with Crippen LogP contribution in [0, 0.1) is 0 Å². The fraction of sp³-hybridized carbons (Fsp3) is 0.269. The van der Waals surface area contributed by atoms with Crippen LogP contribution in [0.25, 0.3) is 0 Å². The zero-order valence-electron chi connectivity index (χ0n) is 17.8. The molecule has 0 aliphatic carbocycles. The summed E-state index contributed by atoms with van der Waals surface area (Å²) in [5.41, 5.74) is 3.46. The minimum Gasteiger partial charge on any atom is -0.339 e. The molecule has 0 bridgehead atoms. The minimum absolute atomic E-state index is 0.175. The van der Waals surface area contributed by atoms with E-state index in [9.17, 15) is 4.79 Å². The molecule has 0 N–H and O–H groups in total. The number of thioether (sulfide) groups is 1. The normalized spacial score (nSPS) is 14.7. The minimum atomic E-state index is 0.175. The fourth-order valence-electron chi connectivity index (χ4n) is 4.12. The van der Waals surface area contributed by atoms with E-state index in [2.05, 4.69) is 65.6 Å². The monoisotopic (exact) mass is 484 g/mol. The van der Waals surface area contributed by atoms with Crippen LogP contribution in [0.4, 0.5) is 0 Å². The first-order valence-corrected chi connectivity index (χ1v) is 12.7. The van der Waals surface area contributed by atoms with Crippen molar-refractivity contribution in [3.05, 3.63) is 106 Å². The molecule has 0 atom stereocenters. The zero-order chi connectivity index (χ0) is 22.3. The highest BCUT2D eigenvalue weighted by atomic mass is 35.5. The summed E-state index contributed by atoms with van der Waals surface area (Å²) in [6, 6.07) is 26.9. The van der Waals surface area contributed by atoms with Gasteiger partial charge in [0.15, 0.2) is 0 Å². The second-order valence-corrected chi connectivity index (χ2v) is 9.63. The van der Waals surface area contributed by atoms with Gasteiger partial charge in [0, 0.05) is 42.0 Å². The van der Waals surface area contributed by atoms with Gasteiger partial charge in [-0.2, -0.15) is 0 Å². The first-order chi connectivity index (χ1) is 15.6. The van der Waals surface area contributed by atoms with Crippen LogP contribution in [0.3, 0.4) is 0 Å². The van der Waals surface area contributed by atoms with E-state index in [1.165, 1.54) is 11.1 Å². The van der Waals surface area contributed by atoms with E-state index >= 15 is 0 Å². The summed E-state index contributed by atoms with van der Waals surface area (Å²) in [6.07, 6.45) is 0. The third-order valence-corrected chi connectivity index (χ3v) is 7.45. The molecule has 0 spiro atoms. The van der Waals surface area contributed by atoms with Gasteiger partial charge in [-0.25, -0.2) is 0 Å². The van der Waals surface area contributed by atoms with Crippen LogP contribution in [0.2, 0.25) is 10.0 Å². The largest absolute Gasteiger partial charge is 0.339 e. The molecule has 32 heavy (non-hydrogen) atoms. The lowest BCUT2D eigenvalue weighted by molar-refractivity contribution is -0.130. The molecule has 1 heterocycles. The Balaban J connectivity index is 1.35. The zero-order valence-corrected chi connectivity index (χ0v) is 20.1. The van der Waals surface area contributed by atoms with Gasteiger partial charge < -0.3 is 4.90 Å². The number of carbonyl (C=O) groups is 1. The second kappa shape index (κ2) is 11.2. The molecule has 0 saturated carbocycles. The maximum atomic E-state index is 12.8. The van der Waals surface area contributed by atoms with Crippen molar-refractivity contribution in [2.75, 3.05) is 31.9 Å². The third-order valence-electron chi connectivity index (χ3n) is 5.80. The van der Waals surface area contributed by atoms with E-state index < -0.39 is 0 Å². The molecule has 1 fully saturated rings. The predicted molar refractivity (Wildman–Crippen MR) is 136 cm³/mol. The Labute approximate surface area is 204 Å². The molecule has 3 aromatic carbocycles. The lowest BCUT2D eigenvalue weighted by Gasteiger charge is -2.39. The van der Waals surface area contributed by atoms with Crippen molar-refractivity contribution >= 4 is 40.9 Å². The highest BCUT2D eigenvalue weighted by molar-refractivity contribution is 7.99. The predicted octanol–water partition coefficient (Wildman–Crippen LogP) is 6.16. The topological polar surface area (TPSA) is 23.6 Å². The van der Waals surface area contributed by atoms with Gasteiger partial charge in [0.05, 0.1) is 11.8 Å². The fourth-order valence-corrected chi connectivity index (χ4v) is 5.78. The summed E-state index contributed by atoms with van der Waals surface area (Å²) >= 11 is 14.0. The number of hydrogen-bond donors (Lipinski definition) is 0. The van der Waals surface area contributed by atoms with Gasteiger partial charge in [0.2, 0.25) is 5.91 Å². The number of benzene rings is 3. The van der Waals surface area contributed by atoms with E-state index in [4.69, 9.17) is 23.2 Å². The van der Waals surface area contributed by atoms with E-state index in [0.717, 1.165) is 31.7 Å². The molecule has 1 amide bonds. The first kappa shape index (κ1) is 23.2. The molecule has 6 heteroatoms. The summed E-state index contributed by atoms with van der Waals surface area (Å²) in [5.74, 6) is 1.24. The van der Waals surface area contributed by atoms with Crippen LogP contribution < -0.4 is 0 Å². The Morgan fingerprint density at radius 1 is 0.781 bits per heavy atom. The van der Waals surface area contributed by atoms with Crippen LogP contribution in [0.5, 0.6) is 0 Å². The van der Waals surface area contributed by atoms with Crippen molar-refractivity contribution in [1.29, 1.82) is 0 Å². The summed E-state index contributed by atoms with van der Waals surface area (Å²) in [4.78, 5) is 17.2. The summed E-state index contributed by atoms with van der Waals surface area (Å²) in [6.45, 7) is 3.17. The quantitative estimate of drug-likeness (QED) is 0.401. The molecule has 3 aromatic rings. The number of amides is 1. The molecule has 1 aliphatic heterocycles. The lowest BCUT2D eigenvalue weighted by atomic mass is 9.96. The molecular formula is C26H26Cl2N2OS. The summed E-state index contributed by atoms with van der Waals surface area (Å²) in [7, 11) is 0. The number of piperazine rings is 1. The van der Waals surface area contributed by atoms with Gasteiger partial charge >= 0.3 is 0 Å². The van der Waals surface area contributed by atoms with Gasteiger partial charge in [-0.15, -0.1) is 11.8 Å². The SMILES string of the molecule is O=C(CSCc1c(Cl)cccc1Cl)N1CCN(C(c2ccccc2)c2ccccc2)CC1. The highest BCUT2D eigenvalue weighted by Gasteiger charge is 2.28. The number of nitrogens with zero attached hydrogens (tertiary/aromatic N) is 2. The molecule has 1 saturated heterocycles. The Bertz CT molecular complexity index is 965. The molecule has 3 nitrogen and oxygen atoms in total. The van der Waals surface area contributed by atoms with E-state index in [1.54, 1.807) is 11.8 Å². The van der Waals surface area contributed by atoms with Crippen molar-refractivity contribution in [2.24, 2.45) is 0 Å². The number of halogens is 2. The van der Waals surface area contributed by atoms with E-state index in [1.807, 2.05) is 23.1 Å². The van der Waals surface area contributed by atoms with Crippen molar-refractivity contribution in [1.82, 2.24) is 9.80 Å². The summed E-state index contributed by atoms with van der Waals surface area (Å²) < 4.78 is 0. The Hall–Kier alpha value is -1.98. The molecule has 0 aromatic heterocycles. The van der Waals surface area contributed by atoms with E-state index in [0.29, 0.717) is 21.6 Å². The standard InChI is InChI=1S/C26H26Cl2N2OS/c27-23-12-7-13-24(28)22(23)18-32-19-25(31)29-14-16-30(17-15-29)26(20-8-3-1-4-9-20)21-10-5-2-6-11-21/h1-13,26H,14-19H2. The van der Waals surface area contributed by atoms with Crippen molar-refractivity contribution in [3.63, 3.8) is 0 Å². The first-order valence-electron chi connectivity index (χ1n) is 10.8. The number of rotatable bonds is 7. The van der Waals surface area contributed by atoms with Crippen molar-refractivity contribution < 1.29 is 4.79 Å². The van der Waals surface area contributed by atoms with Crippen LogP contribution >= 0.6 is 35.0 Å². The lowest BCUT2D eigenvalue weighted by Crippen LogP contribution is -2.50. The molecule has 4 rings (SSSR count). The van der Waals surface area contributed by atoms with Crippen LogP contribution in [0.1, 0.15) is 22.7 Å². The van der Waals surface area contributed by atoms with Crippen LogP contribution in [0.15, 0.2) is 78.9 Å². The average Bonchev–Trinajstić information content (AvgIpc) is 2.83. The van der Waals surface area contributed by atoms with Crippen LogP contribution in [-0.2, 0) is 10.5 Å². The molecule has 0 unspecified atom stereocenters. The third kappa shape index (κ3) is 5.68. The molecule has 1 aliphatic rings. The van der Waals surface area contributed by atoms with E-state index in [-0.39, 0.29) is 11.9 Å². The summed E-state index contributed by atoms with van der Waals surface area (Å²) in [5, 5.41) is 1.30. The maximum Gasteiger partial charge on any atom is 0.232 e. The maximum absolute atomic E-state index is 12.8. The van der Waals surface area contributed by atoms with Crippen molar-refractivity contribution in [3.8, 4) is 0 Å². The van der Waals surface area contributed by atoms with Gasteiger partial charge in [0.25, 0.3) is 0 Å². The van der Waals surface area contributed by atoms with Crippen LogP contribution in [-0.4, -0.2) is 47.6 Å². The van der Waals surface area contributed by atoms with Gasteiger partial charge in [-0.3, -0.25) is 9.69 Å². The average molecular weight is 485 g/mol. The smallest absolute Gasteiger partial charge is 0.232 e. The second-order valence-electron chi connectivity index (χ2n) is 7.83. The van der Waals surface area contributed by atoms with Gasteiger partial charge in [-0.05, 0) is 28.8 Å².